The second-order valence-electron chi connectivity index (χ2n) is 7.09. The van der Waals surface area contributed by atoms with Crippen molar-refractivity contribution in [2.75, 3.05) is 19.7 Å². The molecule has 7 heteroatoms. The summed E-state index contributed by atoms with van der Waals surface area (Å²) in [4.78, 5) is 6.94. The zero-order valence-electron chi connectivity index (χ0n) is 15.8. The van der Waals surface area contributed by atoms with Crippen molar-refractivity contribution in [2.24, 2.45) is 13.0 Å². The largest absolute Gasteiger partial charge is 0.494 e. The van der Waals surface area contributed by atoms with Gasteiger partial charge < -0.3 is 9.26 Å². The Morgan fingerprint density at radius 2 is 2.11 bits per heavy atom. The van der Waals surface area contributed by atoms with Gasteiger partial charge in [0.1, 0.15) is 5.75 Å². The SMILES string of the molecule is CCOc1ccc(-c2noc(CN3CC[C@H](Cc4cnn(C)c4)C3)n2)cc1. The molecule has 1 aromatic carbocycles. The minimum atomic E-state index is 0.624. The van der Waals surface area contributed by atoms with E-state index < -0.39 is 0 Å². The molecule has 0 spiro atoms. The van der Waals surface area contributed by atoms with Crippen molar-refractivity contribution >= 4 is 0 Å². The van der Waals surface area contributed by atoms with Crippen LogP contribution in [0.15, 0.2) is 41.2 Å². The smallest absolute Gasteiger partial charge is 0.241 e. The second kappa shape index (κ2) is 7.92. The minimum absolute atomic E-state index is 0.624. The Morgan fingerprint density at radius 1 is 1.26 bits per heavy atom. The van der Waals surface area contributed by atoms with Crippen molar-refractivity contribution < 1.29 is 9.26 Å². The van der Waals surface area contributed by atoms with E-state index >= 15 is 0 Å². The lowest BCUT2D eigenvalue weighted by molar-refractivity contribution is 0.260. The molecule has 0 saturated carbocycles. The summed E-state index contributed by atoms with van der Waals surface area (Å²) >= 11 is 0. The number of aromatic nitrogens is 4. The molecule has 0 radical (unpaired) electrons. The highest BCUT2D eigenvalue weighted by molar-refractivity contribution is 5.55. The van der Waals surface area contributed by atoms with E-state index in [9.17, 15) is 0 Å². The minimum Gasteiger partial charge on any atom is -0.494 e. The number of likely N-dealkylation sites (tertiary alicyclic amines) is 1. The molecule has 1 atom stereocenters. The van der Waals surface area contributed by atoms with Crippen LogP contribution in [0.4, 0.5) is 0 Å². The van der Waals surface area contributed by atoms with Crippen LogP contribution in [-0.4, -0.2) is 44.5 Å². The normalized spacial score (nSPS) is 17.5. The van der Waals surface area contributed by atoms with Gasteiger partial charge in [-0.25, -0.2) is 0 Å². The molecule has 0 N–H and O–H groups in total. The number of aryl methyl sites for hydroxylation is 1. The zero-order valence-corrected chi connectivity index (χ0v) is 15.8. The zero-order chi connectivity index (χ0) is 18.6. The van der Waals surface area contributed by atoms with Crippen molar-refractivity contribution in [1.82, 2.24) is 24.8 Å². The van der Waals surface area contributed by atoms with Crippen molar-refractivity contribution in [1.29, 1.82) is 0 Å². The summed E-state index contributed by atoms with van der Waals surface area (Å²) in [5.41, 5.74) is 2.24. The number of hydrogen-bond donors (Lipinski definition) is 0. The van der Waals surface area contributed by atoms with Gasteiger partial charge >= 0.3 is 0 Å². The van der Waals surface area contributed by atoms with Gasteiger partial charge in [0.2, 0.25) is 11.7 Å². The lowest BCUT2D eigenvalue weighted by atomic mass is 10.0. The second-order valence-corrected chi connectivity index (χ2v) is 7.09. The molecule has 142 valence electrons. The van der Waals surface area contributed by atoms with E-state index in [4.69, 9.17) is 9.26 Å². The van der Waals surface area contributed by atoms with Gasteiger partial charge in [-0.2, -0.15) is 10.1 Å². The van der Waals surface area contributed by atoms with Crippen molar-refractivity contribution in [2.45, 2.75) is 26.3 Å². The molecule has 0 amide bonds. The van der Waals surface area contributed by atoms with Crippen LogP contribution in [0.3, 0.4) is 0 Å². The Labute approximate surface area is 158 Å². The molecular formula is C20H25N5O2. The highest BCUT2D eigenvalue weighted by Crippen LogP contribution is 2.24. The van der Waals surface area contributed by atoms with E-state index in [0.29, 0.717) is 30.8 Å². The van der Waals surface area contributed by atoms with Gasteiger partial charge in [-0.05, 0) is 62.1 Å². The summed E-state index contributed by atoms with van der Waals surface area (Å²) in [5, 5.41) is 8.38. The number of hydrogen-bond acceptors (Lipinski definition) is 6. The van der Waals surface area contributed by atoms with Gasteiger partial charge in [0.25, 0.3) is 0 Å². The van der Waals surface area contributed by atoms with Crippen LogP contribution in [-0.2, 0) is 20.0 Å². The van der Waals surface area contributed by atoms with E-state index in [1.54, 1.807) is 0 Å². The summed E-state index contributed by atoms with van der Waals surface area (Å²) < 4.78 is 12.8. The molecule has 1 saturated heterocycles. The molecule has 3 heterocycles. The number of ether oxygens (including phenoxy) is 1. The first-order valence-corrected chi connectivity index (χ1v) is 9.45. The predicted octanol–water partition coefficient (Wildman–Crippen LogP) is 2.93. The third-order valence-corrected chi connectivity index (χ3v) is 4.90. The Hall–Kier alpha value is -2.67. The van der Waals surface area contributed by atoms with Gasteiger partial charge in [0.15, 0.2) is 0 Å². The molecule has 3 aromatic rings. The van der Waals surface area contributed by atoms with Crippen LogP contribution < -0.4 is 4.74 Å². The van der Waals surface area contributed by atoms with E-state index in [1.165, 1.54) is 12.0 Å². The number of benzene rings is 1. The standard InChI is InChI=1S/C20H25N5O2/c1-3-26-18-6-4-17(5-7-18)20-22-19(27-23-20)14-25-9-8-15(13-25)10-16-11-21-24(2)12-16/h4-7,11-12,15H,3,8-10,13-14H2,1-2H3/t15-/m1/s1. The summed E-state index contributed by atoms with van der Waals surface area (Å²) in [5.74, 6) is 2.80. The van der Waals surface area contributed by atoms with Crippen LogP contribution in [0.5, 0.6) is 5.75 Å². The highest BCUT2D eigenvalue weighted by Gasteiger charge is 2.24. The summed E-state index contributed by atoms with van der Waals surface area (Å²) in [6.07, 6.45) is 6.33. The topological polar surface area (TPSA) is 69.2 Å². The maximum Gasteiger partial charge on any atom is 0.241 e. The third kappa shape index (κ3) is 4.36. The fraction of sp³-hybridized carbons (Fsp3) is 0.450. The van der Waals surface area contributed by atoms with Gasteiger partial charge in [-0.15, -0.1) is 0 Å². The highest BCUT2D eigenvalue weighted by atomic mass is 16.5. The molecule has 1 aliphatic heterocycles. The Bertz CT molecular complexity index is 871. The predicted molar refractivity (Wildman–Crippen MR) is 101 cm³/mol. The average molecular weight is 367 g/mol. The van der Waals surface area contributed by atoms with Crippen LogP contribution in [0.25, 0.3) is 11.4 Å². The molecule has 7 nitrogen and oxygen atoms in total. The summed E-state index contributed by atoms with van der Waals surface area (Å²) in [6.45, 7) is 5.44. The lowest BCUT2D eigenvalue weighted by Crippen LogP contribution is -2.20. The third-order valence-electron chi connectivity index (χ3n) is 4.90. The fourth-order valence-corrected chi connectivity index (χ4v) is 3.63. The molecule has 1 aliphatic rings. The molecule has 0 aliphatic carbocycles. The summed E-state index contributed by atoms with van der Waals surface area (Å²) in [6, 6.07) is 7.77. The Morgan fingerprint density at radius 3 is 2.85 bits per heavy atom. The van der Waals surface area contributed by atoms with Crippen LogP contribution in [0.2, 0.25) is 0 Å². The summed E-state index contributed by atoms with van der Waals surface area (Å²) in [7, 11) is 1.96. The van der Waals surface area contributed by atoms with Gasteiger partial charge in [-0.3, -0.25) is 9.58 Å². The lowest BCUT2D eigenvalue weighted by Gasteiger charge is -2.12. The van der Waals surface area contributed by atoms with Gasteiger partial charge in [0.05, 0.1) is 19.3 Å². The van der Waals surface area contributed by atoms with Crippen LogP contribution >= 0.6 is 0 Å². The maximum atomic E-state index is 5.47. The first-order valence-electron chi connectivity index (χ1n) is 9.45. The number of nitrogens with zero attached hydrogens (tertiary/aromatic N) is 5. The Kier molecular flexibility index (Phi) is 5.20. The molecule has 0 bridgehead atoms. The molecule has 2 aromatic heterocycles. The molecular weight excluding hydrogens is 342 g/mol. The van der Waals surface area contributed by atoms with E-state index in [0.717, 1.165) is 30.8 Å². The van der Waals surface area contributed by atoms with Crippen LogP contribution in [0, 0.1) is 5.92 Å². The maximum absolute atomic E-state index is 5.47. The molecule has 0 unspecified atom stereocenters. The molecule has 1 fully saturated rings. The molecule has 4 rings (SSSR count). The fourth-order valence-electron chi connectivity index (χ4n) is 3.63. The van der Waals surface area contributed by atoms with Crippen molar-refractivity contribution in [3.05, 3.63) is 48.1 Å². The van der Waals surface area contributed by atoms with Gasteiger partial charge in [-0.1, -0.05) is 5.16 Å². The Balaban J connectivity index is 1.33. The monoisotopic (exact) mass is 367 g/mol. The van der Waals surface area contributed by atoms with E-state index in [1.807, 2.05) is 49.1 Å². The molecule has 27 heavy (non-hydrogen) atoms. The average Bonchev–Trinajstić information content (AvgIpc) is 3.39. The first kappa shape index (κ1) is 17.7. The quantitative estimate of drug-likeness (QED) is 0.639. The van der Waals surface area contributed by atoms with Crippen LogP contribution in [0.1, 0.15) is 24.8 Å². The number of rotatable bonds is 7. The van der Waals surface area contributed by atoms with Crippen molar-refractivity contribution in [3.63, 3.8) is 0 Å². The first-order chi connectivity index (χ1) is 13.2. The van der Waals surface area contributed by atoms with Gasteiger partial charge in [0, 0.05) is 25.4 Å². The van der Waals surface area contributed by atoms with E-state index in [-0.39, 0.29) is 0 Å². The van der Waals surface area contributed by atoms with Crippen molar-refractivity contribution in [3.8, 4) is 17.1 Å². The van der Waals surface area contributed by atoms with E-state index in [2.05, 4.69) is 26.3 Å².